The highest BCUT2D eigenvalue weighted by atomic mass is 16.5. The number of amides is 1. The van der Waals surface area contributed by atoms with Crippen LogP contribution in [0.5, 0.6) is 5.75 Å². The summed E-state index contributed by atoms with van der Waals surface area (Å²) in [6.45, 7) is 11.8. The van der Waals surface area contributed by atoms with Gasteiger partial charge in [0.15, 0.2) is 5.78 Å². The second-order valence-corrected chi connectivity index (χ2v) is 9.89. The lowest BCUT2D eigenvalue weighted by Gasteiger charge is -2.44. The summed E-state index contributed by atoms with van der Waals surface area (Å²) in [5.74, 6) is 0.945. The Balaban J connectivity index is 1.48. The normalized spacial score (nSPS) is 18.2. The van der Waals surface area contributed by atoms with E-state index in [0.29, 0.717) is 37.9 Å². The highest BCUT2D eigenvalue weighted by molar-refractivity contribution is 6.01. The van der Waals surface area contributed by atoms with Gasteiger partial charge in [-0.25, -0.2) is 0 Å². The van der Waals surface area contributed by atoms with Crippen LogP contribution in [0.25, 0.3) is 0 Å². The first-order valence-electron chi connectivity index (χ1n) is 10.8. The van der Waals surface area contributed by atoms with Crippen LogP contribution in [0.1, 0.15) is 77.4 Å². The van der Waals surface area contributed by atoms with Gasteiger partial charge < -0.3 is 9.64 Å². The van der Waals surface area contributed by atoms with Crippen molar-refractivity contribution in [1.29, 1.82) is 0 Å². The third-order valence-electron chi connectivity index (χ3n) is 6.74. The van der Waals surface area contributed by atoms with Gasteiger partial charge >= 0.3 is 0 Å². The molecule has 0 saturated carbocycles. The van der Waals surface area contributed by atoms with Crippen LogP contribution >= 0.6 is 0 Å². The van der Waals surface area contributed by atoms with Crippen molar-refractivity contribution in [2.45, 2.75) is 64.9 Å². The molecule has 0 atom stereocenters. The lowest BCUT2D eigenvalue weighted by molar-refractivity contribution is -0.00620. The van der Waals surface area contributed by atoms with E-state index in [2.05, 4.69) is 20.8 Å². The average Bonchev–Trinajstić information content (AvgIpc) is 2.71. The van der Waals surface area contributed by atoms with Gasteiger partial charge in [0.25, 0.3) is 5.91 Å². The number of piperidine rings is 1. The number of ketones is 1. The topological polar surface area (TPSA) is 46.6 Å². The van der Waals surface area contributed by atoms with Gasteiger partial charge in [0.1, 0.15) is 11.4 Å². The average molecular weight is 406 g/mol. The molecule has 0 unspecified atom stereocenters. The number of fused-ring (bicyclic) bond motifs is 1. The van der Waals surface area contributed by atoms with Gasteiger partial charge in [0.05, 0.1) is 12.0 Å². The maximum absolute atomic E-state index is 13.0. The molecule has 0 bridgehead atoms. The molecule has 30 heavy (non-hydrogen) atoms. The van der Waals surface area contributed by atoms with Gasteiger partial charge in [-0.05, 0) is 54.2 Å². The van der Waals surface area contributed by atoms with E-state index in [-0.39, 0.29) is 17.1 Å². The Morgan fingerprint density at radius 2 is 1.63 bits per heavy atom. The van der Waals surface area contributed by atoms with E-state index in [0.717, 1.165) is 22.4 Å². The van der Waals surface area contributed by atoms with Crippen molar-refractivity contribution >= 4 is 11.7 Å². The minimum Gasteiger partial charge on any atom is -0.486 e. The Morgan fingerprint density at radius 1 is 1.00 bits per heavy atom. The van der Waals surface area contributed by atoms with Crippen molar-refractivity contribution < 1.29 is 14.3 Å². The molecule has 1 saturated heterocycles. The molecule has 0 N–H and O–H groups in total. The largest absolute Gasteiger partial charge is 0.486 e. The number of carbonyl (C=O) groups excluding carboxylic acids is 2. The van der Waals surface area contributed by atoms with Gasteiger partial charge in [0.2, 0.25) is 0 Å². The van der Waals surface area contributed by atoms with Crippen molar-refractivity contribution in [3.05, 3.63) is 64.2 Å². The highest BCUT2D eigenvalue weighted by Gasteiger charge is 2.44. The SMILES string of the molecule is Cc1ccc2c(c1C)OC1(CCN(C(=O)c3ccc(C(C)(C)C)cc3)CC1)CC2=O. The van der Waals surface area contributed by atoms with Gasteiger partial charge in [-0.2, -0.15) is 0 Å². The van der Waals surface area contributed by atoms with E-state index in [1.54, 1.807) is 0 Å². The predicted octanol–water partition coefficient (Wildman–Crippen LogP) is 5.24. The van der Waals surface area contributed by atoms with Crippen LogP contribution in [0.2, 0.25) is 0 Å². The fraction of sp³-hybridized carbons (Fsp3) is 0.462. The van der Waals surface area contributed by atoms with Crippen molar-refractivity contribution in [2.75, 3.05) is 13.1 Å². The molecule has 158 valence electrons. The van der Waals surface area contributed by atoms with Crippen LogP contribution in [-0.2, 0) is 5.41 Å². The van der Waals surface area contributed by atoms with Crippen molar-refractivity contribution in [3.8, 4) is 5.75 Å². The smallest absolute Gasteiger partial charge is 0.253 e. The summed E-state index contributed by atoms with van der Waals surface area (Å²) in [7, 11) is 0. The summed E-state index contributed by atoms with van der Waals surface area (Å²) in [4.78, 5) is 27.7. The van der Waals surface area contributed by atoms with Crippen LogP contribution in [0.3, 0.4) is 0 Å². The molecule has 0 aromatic heterocycles. The number of Topliss-reactive ketones (excluding diaryl/α,β-unsaturated/α-hetero) is 1. The van der Waals surface area contributed by atoms with Crippen LogP contribution < -0.4 is 4.74 Å². The molecule has 0 radical (unpaired) electrons. The fourth-order valence-electron chi connectivity index (χ4n) is 4.47. The van der Waals surface area contributed by atoms with Crippen LogP contribution in [0.15, 0.2) is 36.4 Å². The van der Waals surface area contributed by atoms with Crippen molar-refractivity contribution in [1.82, 2.24) is 4.90 Å². The maximum atomic E-state index is 13.0. The van der Waals surface area contributed by atoms with Gasteiger partial charge in [-0.15, -0.1) is 0 Å². The van der Waals surface area contributed by atoms with Gasteiger partial charge in [-0.3, -0.25) is 9.59 Å². The number of ether oxygens (including phenoxy) is 1. The lowest BCUT2D eigenvalue weighted by Crippen LogP contribution is -2.52. The Labute approximate surface area is 179 Å². The molecule has 2 aliphatic heterocycles. The number of benzene rings is 2. The maximum Gasteiger partial charge on any atom is 0.253 e. The first-order valence-corrected chi connectivity index (χ1v) is 10.8. The molecule has 2 aromatic carbocycles. The highest BCUT2D eigenvalue weighted by Crippen LogP contribution is 2.42. The predicted molar refractivity (Wildman–Crippen MR) is 119 cm³/mol. The van der Waals surface area contributed by atoms with Crippen molar-refractivity contribution in [2.24, 2.45) is 0 Å². The molecule has 2 aliphatic rings. The lowest BCUT2D eigenvalue weighted by atomic mass is 9.81. The summed E-state index contributed by atoms with van der Waals surface area (Å²) in [6.07, 6.45) is 1.75. The van der Waals surface area contributed by atoms with E-state index < -0.39 is 5.60 Å². The first-order chi connectivity index (χ1) is 14.1. The Morgan fingerprint density at radius 3 is 2.23 bits per heavy atom. The second-order valence-electron chi connectivity index (χ2n) is 9.89. The molecule has 0 aliphatic carbocycles. The zero-order valence-electron chi connectivity index (χ0n) is 18.7. The second kappa shape index (κ2) is 7.26. The number of likely N-dealkylation sites (tertiary alicyclic amines) is 1. The van der Waals surface area contributed by atoms with Crippen LogP contribution in [0.4, 0.5) is 0 Å². The zero-order chi connectivity index (χ0) is 21.7. The molecule has 4 rings (SSSR count). The summed E-state index contributed by atoms with van der Waals surface area (Å²) < 4.78 is 6.47. The number of aryl methyl sites for hydroxylation is 1. The Kier molecular flexibility index (Phi) is 5.00. The van der Waals surface area contributed by atoms with E-state index in [1.807, 2.05) is 55.1 Å². The van der Waals surface area contributed by atoms with Crippen LogP contribution in [0, 0.1) is 13.8 Å². The Bertz CT molecular complexity index is 990. The monoisotopic (exact) mass is 405 g/mol. The molecule has 1 amide bonds. The van der Waals surface area contributed by atoms with Gasteiger partial charge in [0, 0.05) is 31.5 Å². The fourth-order valence-corrected chi connectivity index (χ4v) is 4.47. The minimum atomic E-state index is -0.491. The van der Waals surface area contributed by atoms with Crippen LogP contribution in [-0.4, -0.2) is 35.3 Å². The Hall–Kier alpha value is -2.62. The third-order valence-corrected chi connectivity index (χ3v) is 6.74. The third kappa shape index (κ3) is 3.64. The van der Waals surface area contributed by atoms with E-state index in [1.165, 1.54) is 5.56 Å². The first kappa shape index (κ1) is 20.6. The minimum absolute atomic E-state index is 0.0554. The summed E-state index contributed by atoms with van der Waals surface area (Å²) in [6, 6.07) is 11.8. The molecule has 1 spiro atoms. The molecule has 4 heteroatoms. The quantitative estimate of drug-likeness (QED) is 0.652. The molecule has 1 fully saturated rings. The summed E-state index contributed by atoms with van der Waals surface area (Å²) in [5, 5.41) is 0. The number of rotatable bonds is 1. The molecule has 4 nitrogen and oxygen atoms in total. The number of carbonyl (C=O) groups is 2. The number of nitrogens with zero attached hydrogens (tertiary/aromatic N) is 1. The van der Waals surface area contributed by atoms with Gasteiger partial charge in [-0.1, -0.05) is 39.0 Å². The standard InChI is InChI=1S/C26H31NO3/c1-17-6-11-21-22(28)16-26(30-23(21)18(17)2)12-14-27(15-13-26)24(29)19-7-9-20(10-8-19)25(3,4)5/h6-11H,12-16H2,1-5H3. The van der Waals surface area contributed by atoms with E-state index >= 15 is 0 Å². The summed E-state index contributed by atoms with van der Waals surface area (Å²) >= 11 is 0. The molecule has 2 aromatic rings. The molecular formula is C26H31NO3. The zero-order valence-corrected chi connectivity index (χ0v) is 18.7. The van der Waals surface area contributed by atoms with Crippen molar-refractivity contribution in [3.63, 3.8) is 0 Å². The van der Waals surface area contributed by atoms with E-state index in [4.69, 9.17) is 4.74 Å². The van der Waals surface area contributed by atoms with E-state index in [9.17, 15) is 9.59 Å². The number of hydrogen-bond acceptors (Lipinski definition) is 3. The molecule has 2 heterocycles. The number of hydrogen-bond donors (Lipinski definition) is 0. The molecular weight excluding hydrogens is 374 g/mol. The summed E-state index contributed by atoms with van der Waals surface area (Å²) in [5.41, 5.74) is 4.38.